The molecule has 0 saturated heterocycles. The van der Waals surface area contributed by atoms with Crippen LogP contribution in [0.5, 0.6) is 0 Å². The van der Waals surface area contributed by atoms with Gasteiger partial charge in [0.05, 0.1) is 12.3 Å². The zero-order chi connectivity index (χ0) is 17.4. The highest BCUT2D eigenvalue weighted by Crippen LogP contribution is 2.17. The van der Waals surface area contributed by atoms with Crippen molar-refractivity contribution >= 4 is 16.0 Å². The molecule has 0 aliphatic heterocycles. The highest BCUT2D eigenvalue weighted by Gasteiger charge is 2.15. The first-order valence-corrected chi connectivity index (χ1v) is 10.2. The normalized spacial score (nSPS) is 16.3. The Morgan fingerprint density at radius 3 is 2.62 bits per heavy atom. The van der Waals surface area contributed by atoms with Crippen LogP contribution in [0.25, 0.3) is 0 Å². The first-order valence-electron chi connectivity index (χ1n) is 8.56. The lowest BCUT2D eigenvalue weighted by Gasteiger charge is -2.16. The summed E-state index contributed by atoms with van der Waals surface area (Å²) in [6.45, 7) is 3.39. The van der Waals surface area contributed by atoms with Gasteiger partial charge in [-0.05, 0) is 37.9 Å². The van der Waals surface area contributed by atoms with E-state index in [9.17, 15) is 8.42 Å². The Hall–Kier alpha value is -1.60. The average Bonchev–Trinajstić information content (AvgIpc) is 3.06. The number of guanidine groups is 1. The van der Waals surface area contributed by atoms with Gasteiger partial charge in [-0.3, -0.25) is 0 Å². The third kappa shape index (κ3) is 6.13. The van der Waals surface area contributed by atoms with Crippen molar-refractivity contribution in [2.24, 2.45) is 4.99 Å². The number of nitrogens with one attached hydrogen (secondary N) is 3. The molecule has 0 radical (unpaired) electrons. The number of nitrogens with zero attached hydrogens (tertiary/aromatic N) is 1. The largest absolute Gasteiger partial charge is 0.357 e. The second-order valence-corrected chi connectivity index (χ2v) is 8.03. The molecule has 24 heavy (non-hydrogen) atoms. The van der Waals surface area contributed by atoms with Gasteiger partial charge in [0.25, 0.3) is 0 Å². The van der Waals surface area contributed by atoms with Crippen LogP contribution in [0, 0.1) is 0 Å². The van der Waals surface area contributed by atoms with E-state index >= 15 is 0 Å². The highest BCUT2D eigenvalue weighted by atomic mass is 32.2. The van der Waals surface area contributed by atoms with Gasteiger partial charge in [0.15, 0.2) is 5.96 Å². The zero-order valence-electron chi connectivity index (χ0n) is 14.5. The second kappa shape index (κ2) is 9.03. The summed E-state index contributed by atoms with van der Waals surface area (Å²) < 4.78 is 25.7. The Morgan fingerprint density at radius 2 is 1.96 bits per heavy atom. The van der Waals surface area contributed by atoms with E-state index < -0.39 is 10.0 Å². The second-order valence-electron chi connectivity index (χ2n) is 6.10. The minimum Gasteiger partial charge on any atom is -0.357 e. The molecule has 1 fully saturated rings. The fourth-order valence-corrected chi connectivity index (χ4v) is 3.63. The van der Waals surface area contributed by atoms with E-state index in [1.165, 1.54) is 32.7 Å². The van der Waals surface area contributed by atoms with Crippen molar-refractivity contribution in [2.75, 3.05) is 13.6 Å². The molecular weight excluding hydrogens is 324 g/mol. The highest BCUT2D eigenvalue weighted by molar-refractivity contribution is 7.88. The Bertz CT molecular complexity index is 652. The van der Waals surface area contributed by atoms with Gasteiger partial charge in [-0.25, -0.2) is 18.1 Å². The molecule has 1 saturated carbocycles. The molecule has 3 N–H and O–H groups in total. The molecular formula is C17H28N4O2S. The van der Waals surface area contributed by atoms with Crippen molar-refractivity contribution < 1.29 is 8.42 Å². The molecule has 0 spiro atoms. The first kappa shape index (κ1) is 18.7. The van der Waals surface area contributed by atoms with Crippen molar-refractivity contribution in [1.82, 2.24) is 15.4 Å². The van der Waals surface area contributed by atoms with E-state index in [-0.39, 0.29) is 5.75 Å². The van der Waals surface area contributed by atoms with Gasteiger partial charge >= 0.3 is 0 Å². The summed E-state index contributed by atoms with van der Waals surface area (Å²) in [4.78, 5) is 4.63. The van der Waals surface area contributed by atoms with E-state index in [4.69, 9.17) is 0 Å². The molecule has 0 unspecified atom stereocenters. The molecule has 7 heteroatoms. The summed E-state index contributed by atoms with van der Waals surface area (Å²) in [6.07, 6.45) is 4.95. The van der Waals surface area contributed by atoms with E-state index in [0.29, 0.717) is 12.6 Å². The molecule has 0 atom stereocenters. The number of hydrogen-bond acceptors (Lipinski definition) is 3. The van der Waals surface area contributed by atoms with Crippen LogP contribution in [-0.2, 0) is 22.3 Å². The summed E-state index contributed by atoms with van der Waals surface area (Å²) in [5.74, 6) is 0.819. The van der Waals surface area contributed by atoms with Gasteiger partial charge in [0.2, 0.25) is 10.0 Å². The summed E-state index contributed by atoms with van der Waals surface area (Å²) in [5, 5.41) is 6.76. The molecule has 0 amide bonds. The van der Waals surface area contributed by atoms with Crippen LogP contribution >= 0.6 is 0 Å². The predicted octanol–water partition coefficient (Wildman–Crippen LogP) is 1.73. The average molecular weight is 353 g/mol. The Balaban J connectivity index is 2.02. The molecule has 6 nitrogen and oxygen atoms in total. The zero-order valence-corrected chi connectivity index (χ0v) is 15.3. The smallest absolute Gasteiger partial charge is 0.215 e. The van der Waals surface area contributed by atoms with Crippen LogP contribution < -0.4 is 15.4 Å². The topological polar surface area (TPSA) is 82.6 Å². The SMILES string of the molecule is CCNC(=NCc1cccc(CS(=O)(=O)NC)c1)NC1CCCC1. The molecule has 2 rings (SSSR count). The lowest BCUT2D eigenvalue weighted by atomic mass is 10.1. The van der Waals surface area contributed by atoms with E-state index in [1.807, 2.05) is 24.3 Å². The fraction of sp³-hybridized carbons (Fsp3) is 0.588. The number of benzene rings is 1. The van der Waals surface area contributed by atoms with Crippen molar-refractivity contribution in [3.8, 4) is 0 Å². The van der Waals surface area contributed by atoms with Crippen LogP contribution in [0.4, 0.5) is 0 Å². The van der Waals surface area contributed by atoms with Crippen molar-refractivity contribution in [1.29, 1.82) is 0 Å². The molecule has 1 aliphatic carbocycles. The van der Waals surface area contributed by atoms with Crippen LogP contribution in [0.3, 0.4) is 0 Å². The van der Waals surface area contributed by atoms with E-state index in [0.717, 1.165) is 23.6 Å². The Kier molecular flexibility index (Phi) is 7.05. The summed E-state index contributed by atoms with van der Waals surface area (Å²) in [7, 11) is -1.82. The van der Waals surface area contributed by atoms with Crippen molar-refractivity contribution in [3.63, 3.8) is 0 Å². The molecule has 1 aromatic rings. The molecule has 134 valence electrons. The maximum Gasteiger partial charge on any atom is 0.215 e. The Morgan fingerprint density at radius 1 is 1.25 bits per heavy atom. The predicted molar refractivity (Wildman–Crippen MR) is 98.3 cm³/mol. The molecule has 0 heterocycles. The number of rotatable bonds is 7. The van der Waals surface area contributed by atoms with Gasteiger partial charge in [-0.15, -0.1) is 0 Å². The van der Waals surface area contributed by atoms with Gasteiger partial charge < -0.3 is 10.6 Å². The minimum absolute atomic E-state index is 0.0125. The van der Waals surface area contributed by atoms with Crippen LogP contribution in [0.2, 0.25) is 0 Å². The summed E-state index contributed by atoms with van der Waals surface area (Å²) >= 11 is 0. The van der Waals surface area contributed by atoms with E-state index in [1.54, 1.807) is 0 Å². The summed E-state index contributed by atoms with van der Waals surface area (Å²) in [5.41, 5.74) is 1.77. The number of sulfonamides is 1. The van der Waals surface area contributed by atoms with Crippen molar-refractivity contribution in [2.45, 2.75) is 50.9 Å². The molecule has 0 aromatic heterocycles. The standard InChI is InChI=1S/C17H28N4O2S/c1-3-19-17(21-16-9-4-5-10-16)20-12-14-7-6-8-15(11-14)13-24(22,23)18-2/h6-8,11,16,18H,3-5,9-10,12-13H2,1-2H3,(H2,19,20,21). The maximum atomic E-state index is 11.7. The fourth-order valence-electron chi connectivity index (χ4n) is 2.86. The quantitative estimate of drug-likeness (QED) is 0.516. The van der Waals surface area contributed by atoms with Crippen LogP contribution in [-0.4, -0.2) is 34.0 Å². The molecule has 0 bridgehead atoms. The maximum absolute atomic E-state index is 11.7. The molecule has 1 aromatic carbocycles. The third-order valence-corrected chi connectivity index (χ3v) is 5.45. The monoisotopic (exact) mass is 352 g/mol. The van der Waals surface area contributed by atoms with Gasteiger partial charge in [-0.2, -0.15) is 0 Å². The van der Waals surface area contributed by atoms with Crippen molar-refractivity contribution in [3.05, 3.63) is 35.4 Å². The van der Waals surface area contributed by atoms with E-state index in [2.05, 4.69) is 27.3 Å². The number of hydrogen-bond donors (Lipinski definition) is 3. The minimum atomic E-state index is -3.26. The molecule has 1 aliphatic rings. The summed E-state index contributed by atoms with van der Waals surface area (Å²) in [6, 6.07) is 8.08. The third-order valence-electron chi connectivity index (χ3n) is 4.12. The number of aliphatic imine (C=N–C) groups is 1. The van der Waals surface area contributed by atoms with Gasteiger partial charge in [-0.1, -0.05) is 37.1 Å². The van der Waals surface area contributed by atoms with Gasteiger partial charge in [0.1, 0.15) is 0 Å². The Labute approximate surface area is 145 Å². The lowest BCUT2D eigenvalue weighted by molar-refractivity contribution is 0.587. The van der Waals surface area contributed by atoms with Gasteiger partial charge in [0, 0.05) is 12.6 Å². The lowest BCUT2D eigenvalue weighted by Crippen LogP contribution is -2.42. The van der Waals surface area contributed by atoms with Crippen LogP contribution in [0.1, 0.15) is 43.7 Å². The first-order chi connectivity index (χ1) is 11.5. The van der Waals surface area contributed by atoms with Crippen LogP contribution in [0.15, 0.2) is 29.3 Å².